The molecule has 2 heterocycles. The second kappa shape index (κ2) is 5.90. The van der Waals surface area contributed by atoms with Gasteiger partial charge in [0, 0.05) is 19.1 Å². The molecule has 1 aromatic rings. The first-order chi connectivity index (χ1) is 9.24. The van der Waals surface area contributed by atoms with Gasteiger partial charge < -0.3 is 0 Å². The molecule has 0 aromatic heterocycles. The summed E-state index contributed by atoms with van der Waals surface area (Å²) in [5, 5.41) is 0. The summed E-state index contributed by atoms with van der Waals surface area (Å²) in [7, 11) is 0. The minimum atomic E-state index is -0.158. The number of nitrogens with zero attached hydrogens (tertiary/aromatic N) is 2. The first-order valence-electron chi connectivity index (χ1n) is 7.13. The molecule has 2 aliphatic heterocycles. The number of halogens is 2. The van der Waals surface area contributed by atoms with E-state index in [2.05, 4.69) is 25.7 Å². The van der Waals surface area contributed by atoms with E-state index in [1.54, 1.807) is 6.07 Å². The lowest BCUT2D eigenvalue weighted by molar-refractivity contribution is 0.215. The molecule has 0 saturated carbocycles. The van der Waals surface area contributed by atoms with Crippen LogP contribution < -0.4 is 0 Å². The molecule has 2 aliphatic rings. The van der Waals surface area contributed by atoms with Gasteiger partial charge in [-0.05, 0) is 66.5 Å². The topological polar surface area (TPSA) is 6.48 Å². The molecule has 1 atom stereocenters. The van der Waals surface area contributed by atoms with Crippen LogP contribution in [0.5, 0.6) is 0 Å². The maximum Gasteiger partial charge on any atom is 0.137 e. The normalized spacial score (nSPS) is 25.3. The molecule has 2 nitrogen and oxygen atoms in total. The quantitative estimate of drug-likeness (QED) is 0.823. The van der Waals surface area contributed by atoms with Crippen LogP contribution in [0, 0.1) is 5.82 Å². The van der Waals surface area contributed by atoms with Crippen molar-refractivity contribution in [2.45, 2.75) is 31.8 Å². The summed E-state index contributed by atoms with van der Waals surface area (Å²) in [4.78, 5) is 5.11. The minimum Gasteiger partial charge on any atom is -0.299 e. The lowest BCUT2D eigenvalue weighted by Crippen LogP contribution is -2.36. The Morgan fingerprint density at radius 1 is 1.21 bits per heavy atom. The number of rotatable bonds is 2. The molecule has 1 unspecified atom stereocenters. The Morgan fingerprint density at radius 2 is 2.05 bits per heavy atom. The van der Waals surface area contributed by atoms with Crippen molar-refractivity contribution < 1.29 is 4.39 Å². The van der Waals surface area contributed by atoms with Crippen LogP contribution in [-0.2, 0) is 6.54 Å². The zero-order valence-corrected chi connectivity index (χ0v) is 12.7. The zero-order chi connectivity index (χ0) is 13.2. The van der Waals surface area contributed by atoms with E-state index < -0.39 is 0 Å². The van der Waals surface area contributed by atoms with Crippen molar-refractivity contribution in [1.29, 1.82) is 0 Å². The van der Waals surface area contributed by atoms with E-state index in [0.717, 1.165) is 31.2 Å². The summed E-state index contributed by atoms with van der Waals surface area (Å²) >= 11 is 3.37. The number of hydrogen-bond acceptors (Lipinski definition) is 2. The fourth-order valence-corrected chi connectivity index (χ4v) is 3.73. The maximum atomic E-state index is 13.6. The molecular formula is C15H20BrFN2. The number of benzene rings is 1. The number of hydrogen-bond donors (Lipinski definition) is 0. The van der Waals surface area contributed by atoms with Crippen molar-refractivity contribution in [3.8, 4) is 0 Å². The fraction of sp³-hybridized carbons (Fsp3) is 0.600. The lowest BCUT2D eigenvalue weighted by Gasteiger charge is -2.25. The summed E-state index contributed by atoms with van der Waals surface area (Å²) < 4.78 is 14.2. The summed E-state index contributed by atoms with van der Waals surface area (Å²) in [5.41, 5.74) is 1.06. The predicted octanol–water partition coefficient (Wildman–Crippen LogP) is 3.26. The van der Waals surface area contributed by atoms with Crippen molar-refractivity contribution >= 4 is 15.9 Å². The maximum absolute atomic E-state index is 13.6. The first kappa shape index (κ1) is 13.5. The molecule has 0 aliphatic carbocycles. The summed E-state index contributed by atoms with van der Waals surface area (Å²) in [5.74, 6) is -0.158. The van der Waals surface area contributed by atoms with E-state index in [-0.39, 0.29) is 5.82 Å². The average molecular weight is 327 g/mol. The van der Waals surface area contributed by atoms with Gasteiger partial charge in [0.15, 0.2) is 0 Å². The highest BCUT2D eigenvalue weighted by molar-refractivity contribution is 9.10. The Balaban J connectivity index is 1.70. The van der Waals surface area contributed by atoms with E-state index in [1.165, 1.54) is 38.4 Å². The first-order valence-corrected chi connectivity index (χ1v) is 7.92. The van der Waals surface area contributed by atoms with Crippen molar-refractivity contribution in [2.75, 3.05) is 26.2 Å². The molecule has 19 heavy (non-hydrogen) atoms. The van der Waals surface area contributed by atoms with Crippen LogP contribution in [0.1, 0.15) is 24.8 Å². The van der Waals surface area contributed by atoms with E-state index in [1.807, 2.05) is 6.07 Å². The van der Waals surface area contributed by atoms with Crippen LogP contribution in [0.2, 0.25) is 0 Å². The van der Waals surface area contributed by atoms with Crippen LogP contribution in [0.15, 0.2) is 22.7 Å². The van der Waals surface area contributed by atoms with Crippen LogP contribution in [0.25, 0.3) is 0 Å². The summed E-state index contributed by atoms with van der Waals surface area (Å²) in [6.45, 7) is 5.59. The van der Waals surface area contributed by atoms with Crippen molar-refractivity contribution in [3.05, 3.63) is 34.1 Å². The van der Waals surface area contributed by atoms with Gasteiger partial charge in [-0.2, -0.15) is 0 Å². The van der Waals surface area contributed by atoms with Gasteiger partial charge in [0.05, 0.1) is 4.47 Å². The Bertz CT molecular complexity index is 452. The lowest BCUT2D eigenvalue weighted by atomic mass is 10.1. The zero-order valence-electron chi connectivity index (χ0n) is 11.1. The Morgan fingerprint density at radius 3 is 2.95 bits per heavy atom. The highest BCUT2D eigenvalue weighted by Crippen LogP contribution is 2.25. The van der Waals surface area contributed by atoms with E-state index >= 15 is 0 Å². The van der Waals surface area contributed by atoms with Crippen LogP contribution in [0.4, 0.5) is 4.39 Å². The monoisotopic (exact) mass is 326 g/mol. The third-order valence-electron chi connectivity index (χ3n) is 4.31. The second-order valence-corrected chi connectivity index (χ2v) is 6.43. The summed E-state index contributed by atoms with van der Waals surface area (Å²) in [6, 6.07) is 6.05. The molecule has 104 valence electrons. The third kappa shape index (κ3) is 3.01. The minimum absolute atomic E-state index is 0.158. The van der Waals surface area contributed by atoms with Gasteiger partial charge in [0.1, 0.15) is 5.82 Å². The molecule has 2 saturated heterocycles. The summed E-state index contributed by atoms with van der Waals surface area (Å²) in [6.07, 6.45) is 3.88. The standard InChI is InChI=1S/C15H20BrFN2/c16-15-12(4-1-6-14(15)17)10-18-7-3-9-19-8-2-5-13(19)11-18/h1,4,6,13H,2-3,5,7-11H2. The molecular weight excluding hydrogens is 307 g/mol. The van der Waals surface area contributed by atoms with Gasteiger partial charge in [0.2, 0.25) is 0 Å². The van der Waals surface area contributed by atoms with Gasteiger partial charge >= 0.3 is 0 Å². The van der Waals surface area contributed by atoms with Gasteiger partial charge in [0.25, 0.3) is 0 Å². The van der Waals surface area contributed by atoms with Gasteiger partial charge in [-0.1, -0.05) is 12.1 Å². The molecule has 3 rings (SSSR count). The molecule has 0 N–H and O–H groups in total. The Kier molecular flexibility index (Phi) is 4.20. The van der Waals surface area contributed by atoms with Gasteiger partial charge in [-0.3, -0.25) is 9.80 Å². The second-order valence-electron chi connectivity index (χ2n) is 5.63. The van der Waals surface area contributed by atoms with Crippen molar-refractivity contribution in [3.63, 3.8) is 0 Å². The smallest absolute Gasteiger partial charge is 0.137 e. The van der Waals surface area contributed by atoms with Crippen LogP contribution in [0.3, 0.4) is 0 Å². The van der Waals surface area contributed by atoms with E-state index in [0.29, 0.717) is 4.47 Å². The molecule has 2 fully saturated rings. The number of fused-ring (bicyclic) bond motifs is 1. The largest absolute Gasteiger partial charge is 0.299 e. The SMILES string of the molecule is Fc1cccc(CN2CCCN3CCCC3C2)c1Br. The highest BCUT2D eigenvalue weighted by Gasteiger charge is 2.28. The van der Waals surface area contributed by atoms with Gasteiger partial charge in [-0.15, -0.1) is 0 Å². The van der Waals surface area contributed by atoms with Crippen LogP contribution >= 0.6 is 15.9 Å². The molecule has 0 spiro atoms. The molecule has 0 radical (unpaired) electrons. The van der Waals surface area contributed by atoms with E-state index in [4.69, 9.17) is 0 Å². The van der Waals surface area contributed by atoms with Crippen LogP contribution in [-0.4, -0.2) is 42.0 Å². The highest BCUT2D eigenvalue weighted by atomic mass is 79.9. The molecule has 4 heteroatoms. The van der Waals surface area contributed by atoms with Crippen molar-refractivity contribution in [2.24, 2.45) is 0 Å². The third-order valence-corrected chi connectivity index (χ3v) is 5.20. The molecule has 0 amide bonds. The Labute approximate surface area is 122 Å². The van der Waals surface area contributed by atoms with E-state index in [9.17, 15) is 4.39 Å². The molecule has 1 aromatic carbocycles. The fourth-order valence-electron chi connectivity index (χ4n) is 3.34. The average Bonchev–Trinajstić information content (AvgIpc) is 2.74. The van der Waals surface area contributed by atoms with Gasteiger partial charge in [-0.25, -0.2) is 4.39 Å². The van der Waals surface area contributed by atoms with Crippen molar-refractivity contribution in [1.82, 2.24) is 9.80 Å². The Hall–Kier alpha value is -0.450. The predicted molar refractivity (Wildman–Crippen MR) is 78.6 cm³/mol. The molecule has 0 bridgehead atoms.